The van der Waals surface area contributed by atoms with Gasteiger partial charge in [-0.2, -0.15) is 0 Å². The van der Waals surface area contributed by atoms with Crippen molar-refractivity contribution < 1.29 is 4.74 Å². The molecular weight excluding hydrogens is 172 g/mol. The van der Waals surface area contributed by atoms with Gasteiger partial charge in [-0.25, -0.2) is 4.98 Å². The highest BCUT2D eigenvalue weighted by Crippen LogP contribution is 2.10. The molecule has 1 aromatic heterocycles. The molecule has 1 unspecified atom stereocenters. The fraction of sp³-hybridized carbons (Fsp3) is 0.625. The first kappa shape index (κ1) is 9.64. The van der Waals surface area contributed by atoms with Crippen LogP contribution in [0, 0.1) is 0 Å². The van der Waals surface area contributed by atoms with Gasteiger partial charge in [-0.05, 0) is 6.42 Å². The first-order valence-corrected chi connectivity index (χ1v) is 5.00. The molecule has 0 aliphatic rings. The lowest BCUT2D eigenvalue weighted by molar-refractivity contribution is 0.121. The van der Waals surface area contributed by atoms with Crippen molar-refractivity contribution in [1.29, 1.82) is 0 Å². The number of nitrogens with zero attached hydrogens (tertiary/aromatic N) is 1. The Morgan fingerprint density at radius 3 is 3.17 bits per heavy atom. The van der Waals surface area contributed by atoms with E-state index in [2.05, 4.69) is 11.9 Å². The molecule has 68 valence electrons. The second kappa shape index (κ2) is 5.24. The Labute approximate surface area is 76.6 Å². The minimum Gasteiger partial charge on any atom is -0.379 e. The van der Waals surface area contributed by atoms with Crippen LogP contribution >= 0.6 is 11.3 Å². The van der Waals surface area contributed by atoms with Gasteiger partial charge in [-0.1, -0.05) is 6.92 Å². The van der Waals surface area contributed by atoms with Crippen LogP contribution in [0.2, 0.25) is 0 Å². The van der Waals surface area contributed by atoms with Gasteiger partial charge >= 0.3 is 0 Å². The molecule has 1 rings (SSSR count). The van der Waals surface area contributed by atoms with E-state index in [0.29, 0.717) is 6.61 Å². The second-order valence-corrected chi connectivity index (χ2v) is 3.31. The SMILES string of the molecule is CCCOCC(N)c1cscn1. The van der Waals surface area contributed by atoms with Crippen LogP contribution in [0.15, 0.2) is 10.9 Å². The lowest BCUT2D eigenvalue weighted by Gasteiger charge is -2.08. The van der Waals surface area contributed by atoms with Gasteiger partial charge < -0.3 is 10.5 Å². The van der Waals surface area contributed by atoms with E-state index in [1.807, 2.05) is 5.38 Å². The molecule has 4 heteroatoms. The summed E-state index contributed by atoms with van der Waals surface area (Å²) >= 11 is 1.56. The zero-order valence-corrected chi connectivity index (χ0v) is 8.01. The average Bonchev–Trinajstić information content (AvgIpc) is 2.56. The molecule has 0 fully saturated rings. The molecule has 0 radical (unpaired) electrons. The molecule has 0 aliphatic heterocycles. The lowest BCUT2D eigenvalue weighted by atomic mass is 10.3. The highest BCUT2D eigenvalue weighted by Gasteiger charge is 2.06. The van der Waals surface area contributed by atoms with Crippen LogP contribution in [0.5, 0.6) is 0 Å². The third-order valence-electron chi connectivity index (χ3n) is 1.48. The monoisotopic (exact) mass is 186 g/mol. The van der Waals surface area contributed by atoms with Gasteiger partial charge in [0.15, 0.2) is 0 Å². The molecular formula is C8H14N2OS. The van der Waals surface area contributed by atoms with E-state index < -0.39 is 0 Å². The van der Waals surface area contributed by atoms with Crippen molar-refractivity contribution in [2.45, 2.75) is 19.4 Å². The molecule has 2 N–H and O–H groups in total. The third-order valence-corrected chi connectivity index (χ3v) is 2.08. The van der Waals surface area contributed by atoms with E-state index in [1.165, 1.54) is 0 Å². The summed E-state index contributed by atoms with van der Waals surface area (Å²) in [6.45, 7) is 3.42. The zero-order valence-electron chi connectivity index (χ0n) is 7.19. The highest BCUT2D eigenvalue weighted by atomic mass is 32.1. The molecule has 0 saturated carbocycles. The second-order valence-electron chi connectivity index (χ2n) is 2.59. The molecule has 1 heterocycles. The normalized spacial score (nSPS) is 13.2. The maximum absolute atomic E-state index is 5.80. The minimum absolute atomic E-state index is 0.0669. The standard InChI is InChI=1S/C8H14N2OS/c1-2-3-11-4-7(9)8-5-12-6-10-8/h5-7H,2-4,9H2,1H3. The van der Waals surface area contributed by atoms with E-state index in [4.69, 9.17) is 10.5 Å². The van der Waals surface area contributed by atoms with E-state index >= 15 is 0 Å². The Morgan fingerprint density at radius 2 is 2.58 bits per heavy atom. The number of hydrogen-bond acceptors (Lipinski definition) is 4. The quantitative estimate of drug-likeness (QED) is 0.710. The van der Waals surface area contributed by atoms with E-state index in [-0.39, 0.29) is 6.04 Å². The predicted octanol–water partition coefficient (Wildman–Crippen LogP) is 1.57. The summed E-state index contributed by atoms with van der Waals surface area (Å²) in [7, 11) is 0. The molecule has 1 atom stereocenters. The Bertz CT molecular complexity index is 201. The number of nitrogens with two attached hydrogens (primary N) is 1. The van der Waals surface area contributed by atoms with Gasteiger partial charge in [0.25, 0.3) is 0 Å². The zero-order chi connectivity index (χ0) is 8.81. The first-order valence-electron chi connectivity index (χ1n) is 4.06. The van der Waals surface area contributed by atoms with Crippen molar-refractivity contribution in [2.24, 2.45) is 5.73 Å². The molecule has 0 amide bonds. The Morgan fingerprint density at radius 1 is 1.75 bits per heavy atom. The number of aromatic nitrogens is 1. The van der Waals surface area contributed by atoms with Crippen molar-refractivity contribution >= 4 is 11.3 Å². The third kappa shape index (κ3) is 2.89. The Hall–Kier alpha value is -0.450. The number of rotatable bonds is 5. The molecule has 3 nitrogen and oxygen atoms in total. The van der Waals surface area contributed by atoms with Crippen LogP contribution in [0.4, 0.5) is 0 Å². The lowest BCUT2D eigenvalue weighted by Crippen LogP contribution is -2.17. The maximum Gasteiger partial charge on any atom is 0.0795 e. The fourth-order valence-corrected chi connectivity index (χ4v) is 1.46. The van der Waals surface area contributed by atoms with Crippen LogP contribution in [0.1, 0.15) is 25.1 Å². The smallest absolute Gasteiger partial charge is 0.0795 e. The van der Waals surface area contributed by atoms with E-state index in [0.717, 1.165) is 18.7 Å². The summed E-state index contributed by atoms with van der Waals surface area (Å²) in [4.78, 5) is 4.11. The predicted molar refractivity (Wildman–Crippen MR) is 50.2 cm³/mol. The van der Waals surface area contributed by atoms with Gasteiger partial charge in [0.05, 0.1) is 23.9 Å². The molecule has 0 aromatic carbocycles. The van der Waals surface area contributed by atoms with Gasteiger partial charge in [-0.3, -0.25) is 0 Å². The summed E-state index contributed by atoms with van der Waals surface area (Å²) in [5.74, 6) is 0. The van der Waals surface area contributed by atoms with E-state index in [9.17, 15) is 0 Å². The first-order chi connectivity index (χ1) is 5.84. The van der Waals surface area contributed by atoms with Gasteiger partial charge in [-0.15, -0.1) is 11.3 Å². The summed E-state index contributed by atoms with van der Waals surface area (Å²) in [6, 6.07) is -0.0669. The summed E-state index contributed by atoms with van der Waals surface area (Å²) in [5.41, 5.74) is 8.51. The van der Waals surface area contributed by atoms with Crippen LogP contribution in [0.3, 0.4) is 0 Å². The summed E-state index contributed by atoms with van der Waals surface area (Å²) in [5, 5.41) is 1.96. The maximum atomic E-state index is 5.80. The van der Waals surface area contributed by atoms with Gasteiger partial charge in [0.1, 0.15) is 0 Å². The molecule has 0 saturated heterocycles. The van der Waals surface area contributed by atoms with E-state index in [1.54, 1.807) is 16.8 Å². The fourth-order valence-electron chi connectivity index (χ4n) is 0.845. The number of thiazole rings is 1. The Kier molecular flexibility index (Phi) is 4.21. The van der Waals surface area contributed by atoms with Crippen molar-refractivity contribution in [3.05, 3.63) is 16.6 Å². The van der Waals surface area contributed by atoms with Crippen molar-refractivity contribution in [3.63, 3.8) is 0 Å². The number of ether oxygens (including phenoxy) is 1. The van der Waals surface area contributed by atoms with Gasteiger partial charge in [0.2, 0.25) is 0 Å². The summed E-state index contributed by atoms with van der Waals surface area (Å²) < 4.78 is 5.31. The van der Waals surface area contributed by atoms with Crippen LogP contribution in [-0.4, -0.2) is 18.2 Å². The topological polar surface area (TPSA) is 48.1 Å². The molecule has 0 aliphatic carbocycles. The Balaban J connectivity index is 2.25. The molecule has 0 bridgehead atoms. The van der Waals surface area contributed by atoms with Crippen LogP contribution in [-0.2, 0) is 4.74 Å². The molecule has 12 heavy (non-hydrogen) atoms. The van der Waals surface area contributed by atoms with Crippen LogP contribution in [0.25, 0.3) is 0 Å². The van der Waals surface area contributed by atoms with Gasteiger partial charge in [0, 0.05) is 12.0 Å². The highest BCUT2D eigenvalue weighted by molar-refractivity contribution is 7.07. The minimum atomic E-state index is -0.0669. The molecule has 1 aromatic rings. The average molecular weight is 186 g/mol. The van der Waals surface area contributed by atoms with Crippen molar-refractivity contribution in [3.8, 4) is 0 Å². The van der Waals surface area contributed by atoms with Crippen molar-refractivity contribution in [2.75, 3.05) is 13.2 Å². The molecule has 0 spiro atoms. The van der Waals surface area contributed by atoms with Crippen LogP contribution < -0.4 is 5.73 Å². The largest absolute Gasteiger partial charge is 0.379 e. The summed E-state index contributed by atoms with van der Waals surface area (Å²) in [6.07, 6.45) is 1.03. The van der Waals surface area contributed by atoms with Crippen molar-refractivity contribution in [1.82, 2.24) is 4.98 Å². The number of hydrogen-bond donors (Lipinski definition) is 1.